The normalized spacial score (nSPS) is 25.4. The molecule has 0 aromatic heterocycles. The van der Waals surface area contributed by atoms with Gasteiger partial charge in [0.15, 0.2) is 0 Å². The average molecular weight is 301 g/mol. The number of hydrogen-bond acceptors (Lipinski definition) is 4. The first-order chi connectivity index (χ1) is 9.58. The molecular weight excluding hydrogens is 278 g/mol. The Kier molecular flexibility index (Phi) is 5.54. The number of carbonyl (C=O) groups excluding carboxylic acids is 1. The van der Waals surface area contributed by atoms with Crippen molar-refractivity contribution in [3.05, 3.63) is 0 Å². The minimum Gasteiger partial charge on any atom is -0.480 e. The average Bonchev–Trinajstić information content (AvgIpc) is 2.89. The summed E-state index contributed by atoms with van der Waals surface area (Å²) in [5.41, 5.74) is 0. The smallest absolute Gasteiger partial charge is 0.327 e. The van der Waals surface area contributed by atoms with E-state index in [0.717, 1.165) is 19.6 Å². The van der Waals surface area contributed by atoms with Gasteiger partial charge in [-0.3, -0.25) is 0 Å². The van der Waals surface area contributed by atoms with E-state index in [1.807, 2.05) is 6.92 Å². The van der Waals surface area contributed by atoms with E-state index >= 15 is 0 Å². The summed E-state index contributed by atoms with van der Waals surface area (Å²) < 4.78 is 0. The number of carbonyl (C=O) groups is 2. The molecule has 2 aliphatic heterocycles. The van der Waals surface area contributed by atoms with Crippen molar-refractivity contribution in [3.8, 4) is 0 Å². The van der Waals surface area contributed by atoms with Crippen LogP contribution in [0.5, 0.6) is 0 Å². The first-order valence-electron chi connectivity index (χ1n) is 7.18. The van der Waals surface area contributed by atoms with Crippen LogP contribution in [-0.4, -0.2) is 70.3 Å². The van der Waals surface area contributed by atoms with Crippen LogP contribution >= 0.6 is 11.8 Å². The molecule has 0 bridgehead atoms. The van der Waals surface area contributed by atoms with Gasteiger partial charge >= 0.3 is 12.0 Å². The van der Waals surface area contributed by atoms with E-state index in [2.05, 4.69) is 10.2 Å². The van der Waals surface area contributed by atoms with Crippen LogP contribution in [0.1, 0.15) is 26.2 Å². The minimum atomic E-state index is -0.922. The summed E-state index contributed by atoms with van der Waals surface area (Å²) >= 11 is 1.48. The van der Waals surface area contributed by atoms with Gasteiger partial charge in [-0.2, -0.15) is 0 Å². The van der Waals surface area contributed by atoms with Crippen molar-refractivity contribution >= 4 is 23.8 Å². The zero-order valence-corrected chi connectivity index (χ0v) is 12.7. The molecule has 0 aromatic rings. The summed E-state index contributed by atoms with van der Waals surface area (Å²) in [5, 5.41) is 12.0. The maximum Gasteiger partial charge on any atom is 0.327 e. The number of nitrogens with zero attached hydrogens (tertiary/aromatic N) is 2. The van der Waals surface area contributed by atoms with E-state index in [-0.39, 0.29) is 12.1 Å². The van der Waals surface area contributed by atoms with Crippen molar-refractivity contribution in [3.63, 3.8) is 0 Å². The summed E-state index contributed by atoms with van der Waals surface area (Å²) in [6.45, 7) is 5.00. The molecule has 2 heterocycles. The van der Waals surface area contributed by atoms with Crippen LogP contribution in [0.15, 0.2) is 0 Å². The van der Waals surface area contributed by atoms with Crippen molar-refractivity contribution in [2.24, 2.45) is 0 Å². The second-order valence-corrected chi connectivity index (χ2v) is 6.54. The summed E-state index contributed by atoms with van der Waals surface area (Å²) in [5.74, 6) is 0.0107. The molecule has 2 saturated heterocycles. The van der Waals surface area contributed by atoms with Gasteiger partial charge in [0, 0.05) is 18.3 Å². The van der Waals surface area contributed by atoms with Gasteiger partial charge in [-0.05, 0) is 32.9 Å². The third-order valence-corrected chi connectivity index (χ3v) is 4.79. The lowest BCUT2D eigenvalue weighted by molar-refractivity contribution is -0.140. The molecule has 20 heavy (non-hydrogen) atoms. The molecule has 2 N–H and O–H groups in total. The van der Waals surface area contributed by atoms with E-state index < -0.39 is 12.0 Å². The molecule has 0 radical (unpaired) electrons. The zero-order valence-electron chi connectivity index (χ0n) is 11.9. The van der Waals surface area contributed by atoms with Crippen LogP contribution in [0.2, 0.25) is 0 Å². The Morgan fingerprint density at radius 3 is 2.70 bits per heavy atom. The van der Waals surface area contributed by atoms with Gasteiger partial charge in [-0.1, -0.05) is 6.42 Å². The topological polar surface area (TPSA) is 72.9 Å². The molecule has 2 amide bonds. The third kappa shape index (κ3) is 4.02. The number of carboxylic acid groups (broad SMARTS) is 1. The summed E-state index contributed by atoms with van der Waals surface area (Å²) in [6, 6.07) is -0.908. The highest BCUT2D eigenvalue weighted by molar-refractivity contribution is 7.99. The number of thioether (sulfide) groups is 1. The lowest BCUT2D eigenvalue weighted by Crippen LogP contribution is -2.51. The quantitative estimate of drug-likeness (QED) is 0.811. The first kappa shape index (κ1) is 15.4. The predicted octanol–water partition coefficient (Wildman–Crippen LogP) is 1.03. The zero-order chi connectivity index (χ0) is 14.5. The first-order valence-corrected chi connectivity index (χ1v) is 8.33. The fraction of sp³-hybridized carbons (Fsp3) is 0.846. The second kappa shape index (κ2) is 7.17. The molecule has 1 unspecified atom stereocenters. The Morgan fingerprint density at radius 1 is 1.35 bits per heavy atom. The van der Waals surface area contributed by atoms with Crippen LogP contribution in [0.25, 0.3) is 0 Å². The maximum atomic E-state index is 12.1. The molecule has 0 aromatic carbocycles. The molecule has 0 spiro atoms. The van der Waals surface area contributed by atoms with Gasteiger partial charge in [0.05, 0.1) is 5.88 Å². The van der Waals surface area contributed by atoms with Crippen molar-refractivity contribution in [1.82, 2.24) is 15.1 Å². The van der Waals surface area contributed by atoms with Gasteiger partial charge in [0.1, 0.15) is 6.04 Å². The molecule has 0 saturated carbocycles. The predicted molar refractivity (Wildman–Crippen MR) is 78.9 cm³/mol. The largest absolute Gasteiger partial charge is 0.480 e. The highest BCUT2D eigenvalue weighted by atomic mass is 32.2. The summed E-state index contributed by atoms with van der Waals surface area (Å²) in [4.78, 5) is 27.0. The molecule has 7 heteroatoms. The third-order valence-electron chi connectivity index (χ3n) is 3.78. The molecular formula is C13H23N3O3S. The highest BCUT2D eigenvalue weighted by Crippen LogP contribution is 2.21. The van der Waals surface area contributed by atoms with E-state index in [4.69, 9.17) is 5.11 Å². The van der Waals surface area contributed by atoms with Gasteiger partial charge in [-0.25, -0.2) is 9.59 Å². The van der Waals surface area contributed by atoms with Gasteiger partial charge in [0.25, 0.3) is 0 Å². The van der Waals surface area contributed by atoms with Gasteiger partial charge < -0.3 is 20.2 Å². The number of likely N-dealkylation sites (tertiary alicyclic amines) is 1. The number of carboxylic acids is 1. The Balaban J connectivity index is 1.79. The molecule has 2 fully saturated rings. The fourth-order valence-corrected chi connectivity index (χ4v) is 3.86. The van der Waals surface area contributed by atoms with Gasteiger partial charge in [-0.15, -0.1) is 11.8 Å². The van der Waals surface area contributed by atoms with Crippen molar-refractivity contribution < 1.29 is 14.7 Å². The van der Waals surface area contributed by atoms with Crippen LogP contribution < -0.4 is 5.32 Å². The van der Waals surface area contributed by atoms with Crippen LogP contribution in [0, 0.1) is 0 Å². The van der Waals surface area contributed by atoms with E-state index in [9.17, 15) is 9.59 Å². The van der Waals surface area contributed by atoms with E-state index in [1.54, 1.807) is 0 Å². The van der Waals surface area contributed by atoms with Crippen LogP contribution in [0.4, 0.5) is 4.79 Å². The Morgan fingerprint density at radius 2 is 2.05 bits per heavy atom. The lowest BCUT2D eigenvalue weighted by Gasteiger charge is -2.30. The molecule has 0 aliphatic carbocycles. The number of nitrogens with one attached hydrogen (secondary N) is 1. The maximum absolute atomic E-state index is 12.1. The molecule has 6 nitrogen and oxygen atoms in total. The summed E-state index contributed by atoms with van der Waals surface area (Å²) in [7, 11) is 0. The molecule has 2 rings (SSSR count). The van der Waals surface area contributed by atoms with Crippen molar-refractivity contribution in [2.75, 3.05) is 31.3 Å². The number of aliphatic carboxylic acids is 1. The Hall–Kier alpha value is -0.950. The lowest BCUT2D eigenvalue weighted by atomic mass is 10.1. The number of rotatable bonds is 4. The highest BCUT2D eigenvalue weighted by Gasteiger charge is 2.35. The number of piperidine rings is 1. The van der Waals surface area contributed by atoms with E-state index in [0.29, 0.717) is 11.6 Å². The van der Waals surface area contributed by atoms with Crippen LogP contribution in [0.3, 0.4) is 0 Å². The SMILES string of the molecule is CC(CN1CCCCC1)NC(=O)N1CSC[C@H]1C(=O)O. The molecule has 2 atom stereocenters. The minimum absolute atomic E-state index is 0.0423. The fourth-order valence-electron chi connectivity index (χ4n) is 2.72. The number of hydrogen-bond donors (Lipinski definition) is 2. The number of urea groups is 1. The Bertz CT molecular complexity index is 361. The van der Waals surface area contributed by atoms with Gasteiger partial charge in [0.2, 0.25) is 0 Å². The summed E-state index contributed by atoms with van der Waals surface area (Å²) in [6.07, 6.45) is 3.75. The monoisotopic (exact) mass is 301 g/mol. The molecule has 2 aliphatic rings. The molecule has 114 valence electrons. The van der Waals surface area contributed by atoms with Crippen molar-refractivity contribution in [2.45, 2.75) is 38.3 Å². The standard InChI is InChI=1S/C13H23N3O3S/c1-10(7-15-5-3-2-4-6-15)14-13(19)16-9-20-8-11(16)12(17)18/h10-11H,2-9H2,1H3,(H,14,19)(H,17,18)/t10?,11-/m0/s1. The van der Waals surface area contributed by atoms with Crippen molar-refractivity contribution in [1.29, 1.82) is 0 Å². The van der Waals surface area contributed by atoms with Crippen LogP contribution in [-0.2, 0) is 4.79 Å². The number of amides is 2. The second-order valence-electron chi connectivity index (χ2n) is 5.54. The van der Waals surface area contributed by atoms with E-state index in [1.165, 1.54) is 35.9 Å². The Labute approximate surface area is 123 Å².